The molecule has 0 amide bonds. The maximum absolute atomic E-state index is 13.4. The van der Waals surface area contributed by atoms with Crippen molar-refractivity contribution in [2.45, 2.75) is 19.8 Å². The van der Waals surface area contributed by atoms with Gasteiger partial charge in [0.1, 0.15) is 5.75 Å². The van der Waals surface area contributed by atoms with Crippen molar-refractivity contribution >= 4 is 5.69 Å². The summed E-state index contributed by atoms with van der Waals surface area (Å²) < 4.78 is 24.0. The molecule has 16 heavy (non-hydrogen) atoms. The molecule has 2 N–H and O–H groups in total. The summed E-state index contributed by atoms with van der Waals surface area (Å²) in [6, 6.07) is 2.77. The number of hydrogen-bond acceptors (Lipinski definition) is 3. The Labute approximate surface area is 94.3 Å². The van der Waals surface area contributed by atoms with Crippen molar-refractivity contribution in [3.63, 3.8) is 0 Å². The molecule has 0 heterocycles. The van der Waals surface area contributed by atoms with Crippen molar-refractivity contribution in [3.8, 4) is 11.5 Å². The van der Waals surface area contributed by atoms with E-state index >= 15 is 0 Å². The van der Waals surface area contributed by atoms with Gasteiger partial charge in [0.2, 0.25) is 0 Å². The molecule has 1 saturated carbocycles. The van der Waals surface area contributed by atoms with E-state index in [4.69, 9.17) is 15.2 Å². The third-order valence-electron chi connectivity index (χ3n) is 2.54. The lowest BCUT2D eigenvalue weighted by molar-refractivity contribution is 0.291. The normalized spacial score (nSPS) is 14.9. The van der Waals surface area contributed by atoms with Crippen LogP contribution in [0.5, 0.6) is 11.5 Å². The van der Waals surface area contributed by atoms with E-state index in [1.54, 1.807) is 6.92 Å². The van der Waals surface area contributed by atoms with Crippen LogP contribution in [0.25, 0.3) is 0 Å². The van der Waals surface area contributed by atoms with Crippen LogP contribution in [0.3, 0.4) is 0 Å². The van der Waals surface area contributed by atoms with Gasteiger partial charge in [0, 0.05) is 12.1 Å². The lowest BCUT2D eigenvalue weighted by atomic mass is 10.2. The summed E-state index contributed by atoms with van der Waals surface area (Å²) in [6.45, 7) is 2.88. The topological polar surface area (TPSA) is 44.5 Å². The van der Waals surface area contributed by atoms with E-state index in [0.29, 0.717) is 30.6 Å². The molecule has 0 aromatic heterocycles. The second-order valence-corrected chi connectivity index (χ2v) is 4.01. The minimum absolute atomic E-state index is 0.197. The number of benzene rings is 1. The fraction of sp³-hybridized carbons (Fsp3) is 0.500. The number of anilines is 1. The van der Waals surface area contributed by atoms with Crippen molar-refractivity contribution in [1.29, 1.82) is 0 Å². The zero-order valence-corrected chi connectivity index (χ0v) is 9.33. The van der Waals surface area contributed by atoms with E-state index < -0.39 is 5.82 Å². The summed E-state index contributed by atoms with van der Waals surface area (Å²) in [5.41, 5.74) is 5.99. The highest BCUT2D eigenvalue weighted by Gasteiger charge is 2.22. The molecular formula is C12H16FNO2. The van der Waals surface area contributed by atoms with Gasteiger partial charge in [-0.3, -0.25) is 0 Å². The number of nitrogens with two attached hydrogens (primary N) is 1. The van der Waals surface area contributed by atoms with Gasteiger partial charge in [0.15, 0.2) is 11.6 Å². The first-order valence-electron chi connectivity index (χ1n) is 5.55. The molecule has 0 spiro atoms. The van der Waals surface area contributed by atoms with Crippen molar-refractivity contribution in [2.24, 2.45) is 5.92 Å². The predicted molar refractivity (Wildman–Crippen MR) is 60.2 cm³/mol. The Morgan fingerprint density at radius 1 is 1.31 bits per heavy atom. The first-order chi connectivity index (χ1) is 7.70. The molecule has 1 aliphatic rings. The summed E-state index contributed by atoms with van der Waals surface area (Å²) in [6.07, 6.45) is 2.42. The molecule has 0 saturated heterocycles. The molecule has 1 aromatic rings. The zero-order chi connectivity index (χ0) is 11.5. The van der Waals surface area contributed by atoms with E-state index in [1.807, 2.05) is 0 Å². The van der Waals surface area contributed by atoms with Crippen LogP contribution in [0.4, 0.5) is 10.1 Å². The molecule has 1 fully saturated rings. The van der Waals surface area contributed by atoms with Gasteiger partial charge in [-0.1, -0.05) is 0 Å². The summed E-state index contributed by atoms with van der Waals surface area (Å²) in [7, 11) is 0. The van der Waals surface area contributed by atoms with Gasteiger partial charge in [-0.2, -0.15) is 0 Å². The summed E-state index contributed by atoms with van der Waals surface area (Å²) in [5, 5.41) is 0. The maximum Gasteiger partial charge on any atom is 0.167 e. The predicted octanol–water partition coefficient (Wildman–Crippen LogP) is 2.60. The maximum atomic E-state index is 13.4. The Kier molecular flexibility index (Phi) is 3.17. The highest BCUT2D eigenvalue weighted by molar-refractivity contribution is 5.56. The van der Waals surface area contributed by atoms with Gasteiger partial charge in [0.25, 0.3) is 0 Å². The van der Waals surface area contributed by atoms with Crippen molar-refractivity contribution in [1.82, 2.24) is 0 Å². The molecule has 88 valence electrons. The molecule has 0 radical (unpaired) electrons. The van der Waals surface area contributed by atoms with Crippen LogP contribution in [0.1, 0.15) is 19.8 Å². The van der Waals surface area contributed by atoms with Gasteiger partial charge >= 0.3 is 0 Å². The van der Waals surface area contributed by atoms with Crippen LogP contribution in [-0.2, 0) is 0 Å². The zero-order valence-electron chi connectivity index (χ0n) is 9.33. The average molecular weight is 225 g/mol. The van der Waals surface area contributed by atoms with E-state index in [2.05, 4.69) is 0 Å². The SMILES string of the molecule is CCOc1cc(OCC2CC2)c(N)cc1F. The number of hydrogen-bond donors (Lipinski definition) is 1. The first kappa shape index (κ1) is 11.0. The van der Waals surface area contributed by atoms with E-state index in [9.17, 15) is 4.39 Å². The molecule has 3 nitrogen and oxygen atoms in total. The molecule has 0 atom stereocenters. The Hall–Kier alpha value is -1.45. The number of halogens is 1. The third-order valence-corrected chi connectivity index (χ3v) is 2.54. The molecule has 0 aliphatic heterocycles. The average Bonchev–Trinajstić information content (AvgIpc) is 3.04. The highest BCUT2D eigenvalue weighted by Crippen LogP contribution is 2.33. The van der Waals surface area contributed by atoms with Crippen LogP contribution in [0, 0.1) is 11.7 Å². The monoisotopic (exact) mass is 225 g/mol. The van der Waals surface area contributed by atoms with Crippen LogP contribution in [0.15, 0.2) is 12.1 Å². The minimum atomic E-state index is -0.446. The number of ether oxygens (including phenoxy) is 2. The van der Waals surface area contributed by atoms with Crippen LogP contribution < -0.4 is 15.2 Å². The molecule has 2 rings (SSSR count). The standard InChI is InChI=1S/C12H16FNO2/c1-2-15-11-6-12(10(14)5-9(11)13)16-7-8-3-4-8/h5-6,8H,2-4,7,14H2,1H3. The van der Waals surface area contributed by atoms with Gasteiger partial charge in [-0.15, -0.1) is 0 Å². The molecular weight excluding hydrogens is 209 g/mol. The van der Waals surface area contributed by atoms with E-state index in [-0.39, 0.29) is 5.75 Å². The number of nitrogen functional groups attached to an aromatic ring is 1. The third kappa shape index (κ3) is 2.56. The van der Waals surface area contributed by atoms with Gasteiger partial charge < -0.3 is 15.2 Å². The van der Waals surface area contributed by atoms with Gasteiger partial charge in [0.05, 0.1) is 18.9 Å². The lowest BCUT2D eigenvalue weighted by Gasteiger charge is -2.11. The fourth-order valence-electron chi connectivity index (χ4n) is 1.43. The second-order valence-electron chi connectivity index (χ2n) is 4.01. The smallest absolute Gasteiger partial charge is 0.167 e. The molecule has 0 unspecified atom stereocenters. The fourth-order valence-corrected chi connectivity index (χ4v) is 1.43. The summed E-state index contributed by atoms with van der Waals surface area (Å²) in [5.74, 6) is 0.900. The van der Waals surface area contributed by atoms with Crippen molar-refractivity contribution < 1.29 is 13.9 Å². The highest BCUT2D eigenvalue weighted by atomic mass is 19.1. The molecule has 1 aliphatic carbocycles. The van der Waals surface area contributed by atoms with Crippen LogP contribution in [-0.4, -0.2) is 13.2 Å². The summed E-state index contributed by atoms with van der Waals surface area (Å²) >= 11 is 0. The summed E-state index contributed by atoms with van der Waals surface area (Å²) in [4.78, 5) is 0. The Balaban J connectivity index is 2.11. The first-order valence-corrected chi connectivity index (χ1v) is 5.55. The molecule has 0 bridgehead atoms. The van der Waals surface area contributed by atoms with Crippen molar-refractivity contribution in [3.05, 3.63) is 17.9 Å². The quantitative estimate of drug-likeness (QED) is 0.783. The largest absolute Gasteiger partial charge is 0.491 e. The van der Waals surface area contributed by atoms with Gasteiger partial charge in [-0.25, -0.2) is 4.39 Å². The van der Waals surface area contributed by atoms with Crippen LogP contribution >= 0.6 is 0 Å². The molecule has 1 aromatic carbocycles. The van der Waals surface area contributed by atoms with Crippen LogP contribution in [0.2, 0.25) is 0 Å². The second kappa shape index (κ2) is 4.60. The van der Waals surface area contributed by atoms with Crippen molar-refractivity contribution in [2.75, 3.05) is 18.9 Å². The molecule has 4 heteroatoms. The Morgan fingerprint density at radius 2 is 2.06 bits per heavy atom. The van der Waals surface area contributed by atoms with E-state index in [0.717, 1.165) is 0 Å². The minimum Gasteiger partial charge on any atom is -0.491 e. The Bertz CT molecular complexity index is 378. The lowest BCUT2D eigenvalue weighted by Crippen LogP contribution is -2.04. The van der Waals surface area contributed by atoms with Gasteiger partial charge in [-0.05, 0) is 25.7 Å². The van der Waals surface area contributed by atoms with E-state index in [1.165, 1.54) is 25.0 Å². The number of rotatable bonds is 5. The Morgan fingerprint density at radius 3 is 2.69 bits per heavy atom.